The summed E-state index contributed by atoms with van der Waals surface area (Å²) in [6.45, 7) is 9.17. The predicted octanol–water partition coefficient (Wildman–Crippen LogP) is 5.39. The van der Waals surface area contributed by atoms with E-state index in [2.05, 4.69) is 43.6 Å². The fourth-order valence-electron chi connectivity index (χ4n) is 4.89. The number of ketones is 1. The number of Topliss-reactive ketones (excluding diaryl/α,β-unsaturated/α-hetero) is 1. The van der Waals surface area contributed by atoms with Crippen molar-refractivity contribution in [2.75, 3.05) is 0 Å². The third-order valence-electron chi connectivity index (χ3n) is 4.61. The van der Waals surface area contributed by atoms with Crippen LogP contribution in [0.1, 0.15) is 63.7 Å². The molecule has 114 valence electrons. The molecule has 0 bridgehead atoms. The highest BCUT2D eigenvalue weighted by Gasteiger charge is 2.51. The monoisotopic (exact) mass is 350 g/mol. The zero-order valence-electron chi connectivity index (χ0n) is 13.3. The van der Waals surface area contributed by atoms with Gasteiger partial charge >= 0.3 is 0 Å². The lowest BCUT2D eigenvalue weighted by molar-refractivity contribution is -0.0714. The second-order valence-corrected chi connectivity index (χ2v) is 9.30. The Morgan fingerprint density at radius 1 is 1.05 bits per heavy atom. The van der Waals surface area contributed by atoms with Gasteiger partial charge in [0.2, 0.25) is 0 Å². The van der Waals surface area contributed by atoms with Crippen LogP contribution in [0.25, 0.3) is 0 Å². The Kier molecular flexibility index (Phi) is 3.29. The second kappa shape index (κ2) is 4.58. The Balaban J connectivity index is 2.02. The van der Waals surface area contributed by atoms with Crippen molar-refractivity contribution in [1.82, 2.24) is 0 Å². The number of hydrogen-bond donors (Lipinski definition) is 0. The van der Waals surface area contributed by atoms with Crippen molar-refractivity contribution in [2.24, 2.45) is 10.8 Å². The maximum absolute atomic E-state index is 12.6. The summed E-state index contributed by atoms with van der Waals surface area (Å²) >= 11 is 3.48. The van der Waals surface area contributed by atoms with Crippen LogP contribution in [0.2, 0.25) is 0 Å². The van der Waals surface area contributed by atoms with Crippen LogP contribution in [0.3, 0.4) is 0 Å². The molecule has 0 amide bonds. The lowest BCUT2D eigenvalue weighted by Crippen LogP contribution is -2.52. The molecular weight excluding hydrogens is 328 g/mol. The van der Waals surface area contributed by atoms with E-state index < -0.39 is 0 Å². The van der Waals surface area contributed by atoms with E-state index in [4.69, 9.17) is 4.74 Å². The Labute approximate surface area is 135 Å². The minimum absolute atomic E-state index is 0.200. The van der Waals surface area contributed by atoms with E-state index in [-0.39, 0.29) is 22.2 Å². The summed E-state index contributed by atoms with van der Waals surface area (Å²) in [5.74, 6) is 0.964. The topological polar surface area (TPSA) is 26.3 Å². The van der Waals surface area contributed by atoms with Gasteiger partial charge in [0.05, 0.1) is 12.0 Å². The first-order valence-electron chi connectivity index (χ1n) is 7.62. The van der Waals surface area contributed by atoms with E-state index in [9.17, 15) is 4.79 Å². The number of carbonyl (C=O) groups excluding carboxylic acids is 1. The summed E-state index contributed by atoms with van der Waals surface area (Å²) in [5.41, 5.74) is 0.790. The highest BCUT2D eigenvalue weighted by atomic mass is 79.9. The van der Waals surface area contributed by atoms with Crippen molar-refractivity contribution in [1.29, 1.82) is 0 Å². The summed E-state index contributed by atoms with van der Waals surface area (Å²) in [6.07, 6.45) is 3.57. The molecule has 1 aromatic rings. The average Bonchev–Trinajstić information content (AvgIpc) is 2.22. The van der Waals surface area contributed by atoms with Gasteiger partial charge in [-0.05, 0) is 48.3 Å². The van der Waals surface area contributed by atoms with E-state index in [1.807, 2.05) is 18.2 Å². The molecule has 0 radical (unpaired) electrons. The first-order valence-corrected chi connectivity index (χ1v) is 8.41. The molecule has 1 spiro atoms. The summed E-state index contributed by atoms with van der Waals surface area (Å²) in [7, 11) is 0. The second-order valence-electron chi connectivity index (χ2n) is 8.38. The van der Waals surface area contributed by atoms with E-state index in [1.165, 1.54) is 6.42 Å². The molecule has 2 aliphatic rings. The molecule has 0 atom stereocenters. The van der Waals surface area contributed by atoms with E-state index in [0.717, 1.165) is 28.6 Å². The van der Waals surface area contributed by atoms with Crippen LogP contribution >= 0.6 is 15.9 Å². The average molecular weight is 351 g/mol. The van der Waals surface area contributed by atoms with Crippen molar-refractivity contribution in [3.63, 3.8) is 0 Å². The molecule has 21 heavy (non-hydrogen) atoms. The summed E-state index contributed by atoms with van der Waals surface area (Å²) < 4.78 is 7.39. The van der Waals surface area contributed by atoms with E-state index >= 15 is 0 Å². The molecule has 0 unspecified atom stereocenters. The molecule has 1 aliphatic heterocycles. The van der Waals surface area contributed by atoms with E-state index in [1.54, 1.807) is 0 Å². The number of rotatable bonds is 0. The zero-order chi connectivity index (χ0) is 15.5. The smallest absolute Gasteiger partial charge is 0.170 e. The number of fused-ring (bicyclic) bond motifs is 1. The van der Waals surface area contributed by atoms with Gasteiger partial charge in [-0.25, -0.2) is 0 Å². The Morgan fingerprint density at radius 2 is 1.67 bits per heavy atom. The molecule has 0 saturated heterocycles. The molecule has 3 heteroatoms. The molecule has 1 aromatic carbocycles. The van der Waals surface area contributed by atoms with Crippen molar-refractivity contribution in [3.05, 3.63) is 28.2 Å². The number of hydrogen-bond acceptors (Lipinski definition) is 2. The van der Waals surface area contributed by atoms with Crippen LogP contribution < -0.4 is 4.74 Å². The van der Waals surface area contributed by atoms with Crippen molar-refractivity contribution >= 4 is 21.7 Å². The Bertz CT molecular complexity index is 585. The molecule has 2 nitrogen and oxygen atoms in total. The van der Waals surface area contributed by atoms with Crippen LogP contribution in [-0.2, 0) is 0 Å². The van der Waals surface area contributed by atoms with Gasteiger partial charge in [0.1, 0.15) is 11.4 Å². The van der Waals surface area contributed by atoms with Gasteiger partial charge in [0.25, 0.3) is 0 Å². The zero-order valence-corrected chi connectivity index (χ0v) is 14.8. The number of carbonyl (C=O) groups is 1. The molecule has 0 N–H and O–H groups in total. The minimum atomic E-state index is -0.337. The van der Waals surface area contributed by atoms with Gasteiger partial charge in [-0.2, -0.15) is 0 Å². The lowest BCUT2D eigenvalue weighted by atomic mass is 9.58. The van der Waals surface area contributed by atoms with Gasteiger partial charge in [-0.3, -0.25) is 4.79 Å². The van der Waals surface area contributed by atoms with Gasteiger partial charge in [-0.15, -0.1) is 0 Å². The van der Waals surface area contributed by atoms with Crippen molar-refractivity contribution in [3.8, 4) is 5.75 Å². The maximum atomic E-state index is 12.6. The number of benzene rings is 1. The molecule has 1 saturated carbocycles. The third-order valence-corrected chi connectivity index (χ3v) is 5.11. The minimum Gasteiger partial charge on any atom is -0.486 e. The summed E-state index contributed by atoms with van der Waals surface area (Å²) in [4.78, 5) is 12.6. The van der Waals surface area contributed by atoms with Crippen LogP contribution in [0.5, 0.6) is 5.75 Å². The summed E-state index contributed by atoms with van der Waals surface area (Å²) in [6, 6.07) is 5.71. The molecule has 0 aromatic heterocycles. The van der Waals surface area contributed by atoms with Crippen LogP contribution in [0.15, 0.2) is 22.7 Å². The Hall–Kier alpha value is -0.830. The molecule has 1 aliphatic carbocycles. The molecule has 1 fully saturated rings. The van der Waals surface area contributed by atoms with Gasteiger partial charge in [-0.1, -0.05) is 43.6 Å². The Morgan fingerprint density at radius 3 is 2.29 bits per heavy atom. The number of ether oxygens (including phenoxy) is 1. The SMILES string of the molecule is CC1(C)CC(C)(C)CC2(CC(=O)c3ccc(Br)cc3O2)C1. The van der Waals surface area contributed by atoms with Gasteiger partial charge in [0, 0.05) is 4.47 Å². The standard InChI is InChI=1S/C18H23BrO2/c1-16(2)9-17(3,4)11-18(10-16)8-14(20)13-6-5-12(19)7-15(13)21-18/h5-7H,8-11H2,1-4H3. The van der Waals surface area contributed by atoms with Crippen LogP contribution in [0, 0.1) is 10.8 Å². The first-order chi connectivity index (χ1) is 9.60. The van der Waals surface area contributed by atoms with E-state index in [0.29, 0.717) is 6.42 Å². The van der Waals surface area contributed by atoms with Gasteiger partial charge < -0.3 is 4.74 Å². The highest BCUT2D eigenvalue weighted by molar-refractivity contribution is 9.10. The molecule has 1 heterocycles. The largest absolute Gasteiger partial charge is 0.486 e. The maximum Gasteiger partial charge on any atom is 0.170 e. The number of halogens is 1. The highest BCUT2D eigenvalue weighted by Crippen LogP contribution is 2.54. The van der Waals surface area contributed by atoms with Crippen molar-refractivity contribution < 1.29 is 9.53 Å². The summed E-state index contributed by atoms with van der Waals surface area (Å²) in [5, 5.41) is 0. The third kappa shape index (κ3) is 2.90. The van der Waals surface area contributed by atoms with Gasteiger partial charge in [0.15, 0.2) is 5.78 Å². The fraction of sp³-hybridized carbons (Fsp3) is 0.611. The predicted molar refractivity (Wildman–Crippen MR) is 87.9 cm³/mol. The molecular formula is C18H23BrO2. The normalized spacial score (nSPS) is 25.3. The van der Waals surface area contributed by atoms with Crippen LogP contribution in [-0.4, -0.2) is 11.4 Å². The quantitative estimate of drug-likeness (QED) is 0.626. The van der Waals surface area contributed by atoms with Crippen molar-refractivity contribution in [2.45, 2.75) is 59.0 Å². The lowest BCUT2D eigenvalue weighted by Gasteiger charge is -2.52. The fourth-order valence-corrected chi connectivity index (χ4v) is 5.23. The van der Waals surface area contributed by atoms with Crippen LogP contribution in [0.4, 0.5) is 0 Å². The molecule has 3 rings (SSSR count). The first kappa shape index (κ1) is 15.1.